The largest absolute Gasteiger partial charge is 0.386 e. The van der Waals surface area contributed by atoms with Crippen LogP contribution < -0.4 is 0 Å². The average molecular weight is 299 g/mol. The molecule has 0 spiro atoms. The van der Waals surface area contributed by atoms with E-state index >= 15 is 0 Å². The second kappa shape index (κ2) is 6.32. The molecule has 2 heterocycles. The maximum absolute atomic E-state index is 12.8. The molecular weight excluding hydrogens is 278 g/mol. The van der Waals surface area contributed by atoms with Gasteiger partial charge in [-0.3, -0.25) is 4.79 Å². The molecule has 0 bridgehead atoms. The van der Waals surface area contributed by atoms with Crippen molar-refractivity contribution >= 4 is 5.91 Å². The second-order valence-corrected chi connectivity index (χ2v) is 5.81. The van der Waals surface area contributed by atoms with Gasteiger partial charge in [0.05, 0.1) is 24.7 Å². The summed E-state index contributed by atoms with van der Waals surface area (Å²) in [5.74, 6) is -0.0559. The third-order valence-corrected chi connectivity index (χ3v) is 4.35. The minimum absolute atomic E-state index is 0.0559. The van der Waals surface area contributed by atoms with Gasteiger partial charge in [-0.2, -0.15) is 0 Å². The number of carbonyl (C=O) groups excluding carboxylic acids is 1. The fourth-order valence-electron chi connectivity index (χ4n) is 3.12. The van der Waals surface area contributed by atoms with Gasteiger partial charge < -0.3 is 14.6 Å². The van der Waals surface area contributed by atoms with Crippen molar-refractivity contribution in [3.8, 4) is 0 Å². The molecule has 22 heavy (non-hydrogen) atoms. The summed E-state index contributed by atoms with van der Waals surface area (Å²) in [5.41, 5.74) is 1.42. The van der Waals surface area contributed by atoms with Crippen LogP contribution >= 0.6 is 0 Å². The molecule has 1 aromatic heterocycles. The standard InChI is InChI=1S/C17H21N3O2/c1-19-12-18-11-15(19)17(22)20-10-6-5-9-14(20)16(21)13-7-3-2-4-8-13/h2-4,7-8,11-12,14,16,21H,5-6,9-10H2,1H3. The number of hydrogen-bond donors (Lipinski definition) is 1. The SMILES string of the molecule is Cn1cncc1C(=O)N1CCCCC1C(O)c1ccccc1. The van der Waals surface area contributed by atoms with Crippen LogP contribution in [0.2, 0.25) is 0 Å². The van der Waals surface area contributed by atoms with Crippen molar-refractivity contribution < 1.29 is 9.90 Å². The Labute approximate surface area is 130 Å². The van der Waals surface area contributed by atoms with Crippen LogP contribution in [-0.2, 0) is 7.05 Å². The highest BCUT2D eigenvalue weighted by Gasteiger charge is 2.34. The minimum Gasteiger partial charge on any atom is -0.386 e. The van der Waals surface area contributed by atoms with Crippen LogP contribution in [0.3, 0.4) is 0 Å². The summed E-state index contributed by atoms with van der Waals surface area (Å²) in [6.45, 7) is 0.679. The van der Waals surface area contributed by atoms with Gasteiger partial charge in [0, 0.05) is 13.6 Å². The van der Waals surface area contributed by atoms with Crippen molar-refractivity contribution in [2.45, 2.75) is 31.4 Å². The van der Waals surface area contributed by atoms with Gasteiger partial charge in [0.25, 0.3) is 5.91 Å². The average Bonchev–Trinajstić information content (AvgIpc) is 3.00. The number of hydrogen-bond acceptors (Lipinski definition) is 3. The van der Waals surface area contributed by atoms with Crippen molar-refractivity contribution in [2.24, 2.45) is 7.05 Å². The lowest BCUT2D eigenvalue weighted by Gasteiger charge is -2.38. The molecule has 1 fully saturated rings. The molecule has 1 saturated heterocycles. The maximum atomic E-state index is 12.8. The monoisotopic (exact) mass is 299 g/mol. The van der Waals surface area contributed by atoms with E-state index in [2.05, 4.69) is 4.98 Å². The van der Waals surface area contributed by atoms with Crippen molar-refractivity contribution in [2.75, 3.05) is 6.54 Å². The van der Waals surface area contributed by atoms with Crippen LogP contribution in [0.15, 0.2) is 42.9 Å². The van der Waals surface area contributed by atoms with Gasteiger partial charge in [-0.25, -0.2) is 4.98 Å². The zero-order chi connectivity index (χ0) is 15.5. The third-order valence-electron chi connectivity index (χ3n) is 4.35. The summed E-state index contributed by atoms with van der Waals surface area (Å²) in [7, 11) is 1.81. The number of aromatic nitrogens is 2. The zero-order valence-electron chi connectivity index (χ0n) is 12.7. The summed E-state index contributed by atoms with van der Waals surface area (Å²) in [5, 5.41) is 10.7. The Morgan fingerprint density at radius 2 is 2.09 bits per heavy atom. The first-order valence-electron chi connectivity index (χ1n) is 7.69. The summed E-state index contributed by atoms with van der Waals surface area (Å²) < 4.78 is 1.73. The van der Waals surface area contributed by atoms with Crippen LogP contribution in [-0.4, -0.2) is 38.1 Å². The first kappa shape index (κ1) is 14.8. The third kappa shape index (κ3) is 2.76. The molecule has 116 valence electrons. The van der Waals surface area contributed by atoms with Crippen molar-refractivity contribution in [1.29, 1.82) is 0 Å². The number of imidazole rings is 1. The number of piperidine rings is 1. The summed E-state index contributed by atoms with van der Waals surface area (Å²) in [6, 6.07) is 9.38. The minimum atomic E-state index is -0.654. The van der Waals surface area contributed by atoms with Gasteiger partial charge in [0.15, 0.2) is 0 Å². The number of rotatable bonds is 3. The summed E-state index contributed by atoms with van der Waals surface area (Å²) in [4.78, 5) is 18.6. The molecule has 2 unspecified atom stereocenters. The number of likely N-dealkylation sites (tertiary alicyclic amines) is 1. The molecule has 1 amide bonds. The maximum Gasteiger partial charge on any atom is 0.272 e. The fraction of sp³-hybridized carbons (Fsp3) is 0.412. The van der Waals surface area contributed by atoms with E-state index in [-0.39, 0.29) is 11.9 Å². The fourth-order valence-corrected chi connectivity index (χ4v) is 3.12. The van der Waals surface area contributed by atoms with E-state index in [4.69, 9.17) is 0 Å². The van der Waals surface area contributed by atoms with Crippen molar-refractivity contribution in [1.82, 2.24) is 14.5 Å². The van der Waals surface area contributed by atoms with Gasteiger partial charge in [0.1, 0.15) is 5.69 Å². The molecule has 5 heteroatoms. The number of aliphatic hydroxyl groups excluding tert-OH is 1. The van der Waals surface area contributed by atoms with Gasteiger partial charge >= 0.3 is 0 Å². The zero-order valence-corrected chi connectivity index (χ0v) is 12.7. The Morgan fingerprint density at radius 1 is 1.32 bits per heavy atom. The van der Waals surface area contributed by atoms with E-state index < -0.39 is 6.10 Å². The normalized spacial score (nSPS) is 19.9. The molecule has 0 aliphatic carbocycles. The summed E-state index contributed by atoms with van der Waals surface area (Å²) in [6.07, 6.45) is 5.38. The number of amides is 1. The molecule has 2 atom stereocenters. The predicted molar refractivity (Wildman–Crippen MR) is 83.3 cm³/mol. The Bertz CT molecular complexity index is 638. The molecule has 1 aliphatic heterocycles. The smallest absolute Gasteiger partial charge is 0.272 e. The number of aryl methyl sites for hydroxylation is 1. The Morgan fingerprint density at radius 3 is 2.77 bits per heavy atom. The molecule has 0 radical (unpaired) electrons. The first-order chi connectivity index (χ1) is 10.7. The number of benzene rings is 1. The van der Waals surface area contributed by atoms with E-state index in [1.165, 1.54) is 0 Å². The summed E-state index contributed by atoms with van der Waals surface area (Å²) >= 11 is 0. The molecule has 1 aliphatic rings. The number of aliphatic hydroxyl groups is 1. The van der Waals surface area contributed by atoms with E-state index in [0.29, 0.717) is 12.2 Å². The molecule has 5 nitrogen and oxygen atoms in total. The predicted octanol–water partition coefficient (Wildman–Crippen LogP) is 2.15. The van der Waals surface area contributed by atoms with Crippen LogP contribution in [0.25, 0.3) is 0 Å². The molecular formula is C17H21N3O2. The van der Waals surface area contributed by atoms with Crippen LogP contribution in [0.1, 0.15) is 41.4 Å². The first-order valence-corrected chi connectivity index (χ1v) is 7.69. The topological polar surface area (TPSA) is 58.4 Å². The number of carbonyl (C=O) groups is 1. The van der Waals surface area contributed by atoms with Crippen molar-refractivity contribution in [3.05, 3.63) is 54.1 Å². The lowest BCUT2D eigenvalue weighted by molar-refractivity contribution is 0.0205. The number of nitrogens with zero attached hydrogens (tertiary/aromatic N) is 3. The van der Waals surface area contributed by atoms with Crippen molar-refractivity contribution in [3.63, 3.8) is 0 Å². The van der Waals surface area contributed by atoms with Crippen LogP contribution in [0, 0.1) is 0 Å². The second-order valence-electron chi connectivity index (χ2n) is 5.81. The van der Waals surface area contributed by atoms with E-state index in [9.17, 15) is 9.90 Å². The van der Waals surface area contributed by atoms with Crippen LogP contribution in [0.4, 0.5) is 0 Å². The Kier molecular flexibility index (Phi) is 4.24. The van der Waals surface area contributed by atoms with E-state index in [1.807, 2.05) is 37.4 Å². The molecule has 2 aromatic rings. The molecule has 3 rings (SSSR count). The molecule has 1 aromatic carbocycles. The highest BCUT2D eigenvalue weighted by Crippen LogP contribution is 2.29. The highest BCUT2D eigenvalue weighted by atomic mass is 16.3. The Balaban J connectivity index is 1.85. The van der Waals surface area contributed by atoms with E-state index in [0.717, 1.165) is 24.8 Å². The Hall–Kier alpha value is -2.14. The quantitative estimate of drug-likeness (QED) is 0.944. The molecule has 1 N–H and O–H groups in total. The lowest BCUT2D eigenvalue weighted by atomic mass is 9.92. The lowest BCUT2D eigenvalue weighted by Crippen LogP contribution is -2.47. The van der Waals surface area contributed by atoms with Gasteiger partial charge in [-0.1, -0.05) is 30.3 Å². The highest BCUT2D eigenvalue weighted by molar-refractivity contribution is 5.92. The van der Waals surface area contributed by atoms with Gasteiger partial charge in [0.2, 0.25) is 0 Å². The van der Waals surface area contributed by atoms with Crippen LogP contribution in [0.5, 0.6) is 0 Å². The van der Waals surface area contributed by atoms with Gasteiger partial charge in [-0.15, -0.1) is 0 Å². The van der Waals surface area contributed by atoms with E-state index in [1.54, 1.807) is 22.0 Å². The van der Waals surface area contributed by atoms with Gasteiger partial charge in [-0.05, 0) is 24.8 Å². The molecule has 0 saturated carbocycles.